The molecule has 2 N–H and O–H groups in total. The van der Waals surface area contributed by atoms with Crippen LogP contribution in [0.15, 0.2) is 52.9 Å². The van der Waals surface area contributed by atoms with Crippen molar-refractivity contribution >= 4 is 17.5 Å². The highest BCUT2D eigenvalue weighted by Gasteiger charge is 2.21. The summed E-state index contributed by atoms with van der Waals surface area (Å²) in [4.78, 5) is 12.3. The third kappa shape index (κ3) is 3.88. The summed E-state index contributed by atoms with van der Waals surface area (Å²) in [6, 6.07) is 14.2. The fraction of sp³-hybridized carbons (Fsp3) is 0.111. The summed E-state index contributed by atoms with van der Waals surface area (Å²) in [7, 11) is 0. The lowest BCUT2D eigenvalue weighted by Crippen LogP contribution is -2.31. The number of hydrogen-bond acceptors (Lipinski definition) is 6. The van der Waals surface area contributed by atoms with Gasteiger partial charge in [0.25, 0.3) is 5.91 Å². The minimum Gasteiger partial charge on any atom is -0.418 e. The van der Waals surface area contributed by atoms with Gasteiger partial charge >= 0.3 is 0 Å². The first-order chi connectivity index (χ1) is 12.6. The molecule has 3 aromatic rings. The van der Waals surface area contributed by atoms with Crippen LogP contribution < -0.4 is 5.32 Å². The van der Waals surface area contributed by atoms with E-state index >= 15 is 0 Å². The van der Waals surface area contributed by atoms with Gasteiger partial charge in [0.2, 0.25) is 11.8 Å². The molecule has 0 bridgehead atoms. The first-order valence-corrected chi connectivity index (χ1v) is 7.99. The Morgan fingerprint density at radius 1 is 1.27 bits per heavy atom. The number of amides is 1. The number of aliphatic hydroxyl groups is 1. The minimum atomic E-state index is -0.862. The highest BCUT2D eigenvalue weighted by Crippen LogP contribution is 2.22. The second-order valence-electron chi connectivity index (χ2n) is 5.35. The molecule has 0 saturated carbocycles. The largest absolute Gasteiger partial charge is 0.418 e. The predicted molar refractivity (Wildman–Crippen MR) is 93.2 cm³/mol. The summed E-state index contributed by atoms with van der Waals surface area (Å²) in [6.07, 6.45) is 0. The van der Waals surface area contributed by atoms with E-state index in [-0.39, 0.29) is 11.8 Å². The zero-order valence-corrected chi connectivity index (χ0v) is 14.1. The van der Waals surface area contributed by atoms with E-state index in [0.29, 0.717) is 21.7 Å². The number of aromatic nitrogens is 2. The number of carbonyl (C=O) groups excluding carboxylic acids is 1. The van der Waals surface area contributed by atoms with Crippen LogP contribution >= 0.6 is 11.6 Å². The maximum absolute atomic E-state index is 12.3. The smallest absolute Gasteiger partial charge is 0.251 e. The van der Waals surface area contributed by atoms with E-state index < -0.39 is 18.6 Å². The third-order valence-corrected chi connectivity index (χ3v) is 3.82. The molecule has 0 saturated heterocycles. The molecule has 0 aliphatic rings. The van der Waals surface area contributed by atoms with E-state index in [1.54, 1.807) is 48.5 Å². The quantitative estimate of drug-likeness (QED) is 0.716. The maximum Gasteiger partial charge on any atom is 0.251 e. The van der Waals surface area contributed by atoms with Crippen LogP contribution in [-0.2, 0) is 0 Å². The summed E-state index contributed by atoms with van der Waals surface area (Å²) in [6.45, 7) is -0.417. The van der Waals surface area contributed by atoms with E-state index in [1.165, 1.54) is 0 Å². The average Bonchev–Trinajstić information content (AvgIpc) is 3.16. The number of carbonyl (C=O) groups is 1. The zero-order valence-electron chi connectivity index (χ0n) is 13.4. The van der Waals surface area contributed by atoms with Crippen molar-refractivity contribution in [3.05, 3.63) is 70.6 Å². The molecule has 1 unspecified atom stereocenters. The van der Waals surface area contributed by atoms with Gasteiger partial charge in [-0.2, -0.15) is 5.26 Å². The monoisotopic (exact) mass is 368 g/mol. The molecular formula is C18H13ClN4O3. The van der Waals surface area contributed by atoms with Gasteiger partial charge in [0.05, 0.1) is 18.2 Å². The van der Waals surface area contributed by atoms with E-state index in [0.717, 1.165) is 0 Å². The van der Waals surface area contributed by atoms with Crippen LogP contribution in [0.25, 0.3) is 11.5 Å². The lowest BCUT2D eigenvalue weighted by Gasteiger charge is -2.12. The molecule has 0 radical (unpaired) electrons. The standard InChI is InChI=1S/C18H13ClN4O3/c19-14-6-4-12(5-7-14)16(25)21-15(10-24)18-23-22-17(26-18)13-3-1-2-11(8-13)9-20/h1-8,15,24H,10H2,(H,21,25). The van der Waals surface area contributed by atoms with E-state index in [2.05, 4.69) is 15.5 Å². The highest BCUT2D eigenvalue weighted by molar-refractivity contribution is 6.30. The van der Waals surface area contributed by atoms with Crippen LogP contribution in [0.2, 0.25) is 5.02 Å². The second-order valence-corrected chi connectivity index (χ2v) is 5.79. The lowest BCUT2D eigenvalue weighted by molar-refractivity contribution is 0.0905. The number of aliphatic hydroxyl groups excluding tert-OH is 1. The van der Waals surface area contributed by atoms with Crippen molar-refractivity contribution in [3.63, 3.8) is 0 Å². The second kappa shape index (κ2) is 7.78. The molecule has 0 fully saturated rings. The van der Waals surface area contributed by atoms with Gasteiger partial charge in [0.1, 0.15) is 6.04 Å². The molecule has 8 heteroatoms. The number of nitrogens with zero attached hydrogens (tertiary/aromatic N) is 3. The molecule has 130 valence electrons. The fourth-order valence-electron chi connectivity index (χ4n) is 2.24. The van der Waals surface area contributed by atoms with Crippen molar-refractivity contribution < 1.29 is 14.3 Å². The number of nitriles is 1. The van der Waals surface area contributed by atoms with Gasteiger partial charge in [-0.1, -0.05) is 17.7 Å². The van der Waals surface area contributed by atoms with Crippen molar-refractivity contribution in [2.75, 3.05) is 6.61 Å². The summed E-state index contributed by atoms with van der Waals surface area (Å²) >= 11 is 5.80. The Bertz CT molecular complexity index is 963. The van der Waals surface area contributed by atoms with Crippen LogP contribution in [0.1, 0.15) is 27.9 Å². The molecule has 26 heavy (non-hydrogen) atoms. The zero-order chi connectivity index (χ0) is 18.5. The molecule has 1 aromatic heterocycles. The Morgan fingerprint density at radius 2 is 2.04 bits per heavy atom. The summed E-state index contributed by atoms with van der Waals surface area (Å²) < 4.78 is 5.55. The average molecular weight is 369 g/mol. The van der Waals surface area contributed by atoms with Crippen LogP contribution in [0, 0.1) is 11.3 Å². The van der Waals surface area contributed by atoms with Crippen LogP contribution in [0.3, 0.4) is 0 Å². The molecule has 3 rings (SSSR count). The molecule has 1 atom stereocenters. The van der Waals surface area contributed by atoms with Gasteiger partial charge < -0.3 is 14.8 Å². The molecule has 0 aliphatic heterocycles. The number of hydrogen-bond donors (Lipinski definition) is 2. The van der Waals surface area contributed by atoms with Crippen molar-refractivity contribution in [3.8, 4) is 17.5 Å². The van der Waals surface area contributed by atoms with Crippen molar-refractivity contribution in [1.82, 2.24) is 15.5 Å². The molecular weight excluding hydrogens is 356 g/mol. The fourth-order valence-corrected chi connectivity index (χ4v) is 2.37. The topological polar surface area (TPSA) is 112 Å². The Morgan fingerprint density at radius 3 is 2.73 bits per heavy atom. The molecule has 0 aliphatic carbocycles. The first kappa shape index (κ1) is 17.6. The van der Waals surface area contributed by atoms with Gasteiger partial charge in [-0.25, -0.2) is 0 Å². The highest BCUT2D eigenvalue weighted by atomic mass is 35.5. The van der Waals surface area contributed by atoms with Crippen molar-refractivity contribution in [1.29, 1.82) is 5.26 Å². The number of nitrogens with one attached hydrogen (secondary N) is 1. The van der Waals surface area contributed by atoms with Gasteiger partial charge in [0.15, 0.2) is 0 Å². The summed E-state index contributed by atoms with van der Waals surface area (Å²) in [5.74, 6) is -0.157. The number of rotatable bonds is 5. The Labute approximate surface area is 153 Å². The Hall–Kier alpha value is -3.21. The number of benzene rings is 2. The van der Waals surface area contributed by atoms with Gasteiger partial charge in [-0.3, -0.25) is 4.79 Å². The maximum atomic E-state index is 12.3. The van der Waals surface area contributed by atoms with Gasteiger partial charge in [-0.05, 0) is 42.5 Å². The van der Waals surface area contributed by atoms with Gasteiger partial charge in [-0.15, -0.1) is 10.2 Å². The normalized spacial score (nSPS) is 11.6. The predicted octanol–water partition coefficient (Wildman–Crippen LogP) is 2.73. The SMILES string of the molecule is N#Cc1cccc(-c2nnc(C(CO)NC(=O)c3ccc(Cl)cc3)o2)c1. The third-order valence-electron chi connectivity index (χ3n) is 3.57. The minimum absolute atomic E-state index is 0.0622. The van der Waals surface area contributed by atoms with E-state index in [4.69, 9.17) is 21.3 Å². The molecule has 1 amide bonds. The van der Waals surface area contributed by atoms with Crippen LogP contribution in [0.4, 0.5) is 0 Å². The van der Waals surface area contributed by atoms with Crippen molar-refractivity contribution in [2.24, 2.45) is 0 Å². The summed E-state index contributed by atoms with van der Waals surface area (Å²) in [5, 5.41) is 29.5. The molecule has 2 aromatic carbocycles. The van der Waals surface area contributed by atoms with Gasteiger partial charge in [0, 0.05) is 16.1 Å². The summed E-state index contributed by atoms with van der Waals surface area (Å²) in [5.41, 5.74) is 1.41. The Kier molecular flexibility index (Phi) is 5.27. The molecule has 7 nitrogen and oxygen atoms in total. The van der Waals surface area contributed by atoms with Crippen LogP contribution in [0.5, 0.6) is 0 Å². The van der Waals surface area contributed by atoms with Crippen LogP contribution in [-0.4, -0.2) is 27.8 Å². The molecule has 1 heterocycles. The first-order valence-electron chi connectivity index (χ1n) is 7.62. The number of halogens is 1. The van der Waals surface area contributed by atoms with E-state index in [1.807, 2.05) is 6.07 Å². The van der Waals surface area contributed by atoms with Crippen molar-refractivity contribution in [2.45, 2.75) is 6.04 Å². The Balaban J connectivity index is 1.78. The van der Waals surface area contributed by atoms with E-state index in [9.17, 15) is 9.90 Å². The molecule has 0 spiro atoms. The lowest BCUT2D eigenvalue weighted by atomic mass is 10.1.